The van der Waals surface area contributed by atoms with Gasteiger partial charge in [-0.05, 0) is 18.2 Å². The van der Waals surface area contributed by atoms with Crippen LogP contribution in [0.5, 0.6) is 0 Å². The van der Waals surface area contributed by atoms with Gasteiger partial charge in [-0.3, -0.25) is 10.5 Å². The van der Waals surface area contributed by atoms with Crippen molar-refractivity contribution in [3.63, 3.8) is 0 Å². The first-order valence-corrected chi connectivity index (χ1v) is 8.11. The summed E-state index contributed by atoms with van der Waals surface area (Å²) < 4.78 is 3.55. The Morgan fingerprint density at radius 2 is 1.83 bits per heavy atom. The van der Waals surface area contributed by atoms with Gasteiger partial charge >= 0.3 is 5.95 Å². The second-order valence-electron chi connectivity index (χ2n) is 5.48. The summed E-state index contributed by atoms with van der Waals surface area (Å²) in [6, 6.07) is 14.5. The topological polar surface area (TPSA) is 51.9 Å². The smallest absolute Gasteiger partial charge is 0.291 e. The molecule has 0 atom stereocenters. The minimum absolute atomic E-state index is 0.00131. The lowest BCUT2D eigenvalue weighted by atomic mass is 10.1. The Balaban J connectivity index is 1.94. The van der Waals surface area contributed by atoms with Gasteiger partial charge in [-0.25, -0.2) is 9.13 Å². The van der Waals surface area contributed by atoms with Crippen molar-refractivity contribution in [3.05, 3.63) is 70.3 Å². The zero-order chi connectivity index (χ0) is 17.3. The molecule has 0 bridgehead atoms. The van der Waals surface area contributed by atoms with Crippen molar-refractivity contribution < 1.29 is 9.36 Å². The quantitative estimate of drug-likeness (QED) is 0.568. The molecule has 0 radical (unpaired) electrons. The number of aromatic nitrogens is 2. The van der Waals surface area contributed by atoms with E-state index in [-0.39, 0.29) is 12.3 Å². The van der Waals surface area contributed by atoms with Crippen molar-refractivity contribution in [1.82, 2.24) is 4.57 Å². The van der Waals surface area contributed by atoms with Crippen molar-refractivity contribution in [1.29, 1.82) is 0 Å². The first-order chi connectivity index (χ1) is 11.5. The number of carbonyl (C=O) groups excluding carboxylic acids is 1. The lowest BCUT2D eigenvalue weighted by Crippen LogP contribution is -2.39. The molecule has 4 nitrogen and oxygen atoms in total. The van der Waals surface area contributed by atoms with Crippen LogP contribution < -0.4 is 10.3 Å². The molecule has 2 aromatic carbocycles. The fourth-order valence-electron chi connectivity index (χ4n) is 2.54. The number of imidazole rings is 1. The monoisotopic (exact) mass is 360 g/mol. The summed E-state index contributed by atoms with van der Waals surface area (Å²) in [6.45, 7) is 0.172. The number of carbonyl (C=O) groups is 1. The molecule has 0 aliphatic carbocycles. The molecule has 0 saturated carbocycles. The zero-order valence-corrected chi connectivity index (χ0v) is 14.6. The highest BCUT2D eigenvalue weighted by Crippen LogP contribution is 2.28. The number of nitrogen functional groups attached to an aromatic ring is 1. The van der Waals surface area contributed by atoms with Gasteiger partial charge in [-0.2, -0.15) is 0 Å². The molecule has 0 unspecified atom stereocenters. The van der Waals surface area contributed by atoms with Crippen LogP contribution in [-0.4, -0.2) is 10.4 Å². The summed E-state index contributed by atoms with van der Waals surface area (Å²) in [4.78, 5) is 12.4. The van der Waals surface area contributed by atoms with Crippen LogP contribution in [0.15, 0.2) is 54.7 Å². The number of nitrogens with two attached hydrogens (primary N) is 1. The highest BCUT2D eigenvalue weighted by Gasteiger charge is 2.20. The van der Waals surface area contributed by atoms with Gasteiger partial charge in [-0.1, -0.05) is 53.5 Å². The SMILES string of the molecule is Cn1c(-c2ccc(Cl)c(Cl)c2)c[n+](CC(=O)c2ccccc2)c1N. The number of anilines is 1. The lowest BCUT2D eigenvalue weighted by Gasteiger charge is -2.01. The molecule has 0 fully saturated rings. The molecule has 1 aromatic heterocycles. The first kappa shape index (κ1) is 16.6. The number of ketones is 1. The van der Waals surface area contributed by atoms with Crippen molar-refractivity contribution in [2.75, 3.05) is 5.73 Å². The zero-order valence-electron chi connectivity index (χ0n) is 13.0. The summed E-state index contributed by atoms with van der Waals surface area (Å²) in [5.74, 6) is 0.485. The van der Waals surface area contributed by atoms with Crippen molar-refractivity contribution in [3.8, 4) is 11.3 Å². The number of benzene rings is 2. The second kappa shape index (κ2) is 6.67. The van der Waals surface area contributed by atoms with Crippen LogP contribution in [0.4, 0.5) is 5.95 Å². The summed E-state index contributed by atoms with van der Waals surface area (Å²) in [5, 5.41) is 0.968. The van der Waals surface area contributed by atoms with E-state index in [2.05, 4.69) is 0 Å². The summed E-state index contributed by atoms with van der Waals surface area (Å²) in [7, 11) is 1.84. The third-order valence-electron chi connectivity index (χ3n) is 3.90. The van der Waals surface area contributed by atoms with Crippen molar-refractivity contribution >= 4 is 34.9 Å². The van der Waals surface area contributed by atoms with Crippen molar-refractivity contribution in [2.24, 2.45) is 7.05 Å². The van der Waals surface area contributed by atoms with E-state index in [1.807, 2.05) is 42.1 Å². The number of nitrogens with zero attached hydrogens (tertiary/aromatic N) is 2. The third kappa shape index (κ3) is 3.16. The number of Topliss-reactive ketones (excluding diaryl/α,β-unsaturated/α-hetero) is 1. The molecule has 0 aliphatic heterocycles. The highest BCUT2D eigenvalue weighted by atomic mass is 35.5. The molecule has 0 amide bonds. The fraction of sp³-hybridized carbons (Fsp3) is 0.111. The van der Waals surface area contributed by atoms with Crippen LogP contribution in [0.3, 0.4) is 0 Å². The molecule has 6 heteroatoms. The van der Waals surface area contributed by atoms with E-state index in [0.717, 1.165) is 11.3 Å². The Bertz CT molecular complexity index is 904. The maximum atomic E-state index is 12.4. The predicted octanol–water partition coefficient (Wildman–Crippen LogP) is 3.75. The Morgan fingerprint density at radius 3 is 2.50 bits per heavy atom. The average molecular weight is 361 g/mol. The number of hydrogen-bond acceptors (Lipinski definition) is 2. The van der Waals surface area contributed by atoms with Crippen LogP contribution in [0.25, 0.3) is 11.3 Å². The number of hydrogen-bond donors (Lipinski definition) is 1. The molecule has 24 heavy (non-hydrogen) atoms. The average Bonchev–Trinajstić information content (AvgIpc) is 2.86. The van der Waals surface area contributed by atoms with Crippen LogP contribution in [0, 0.1) is 0 Å². The van der Waals surface area contributed by atoms with E-state index in [1.165, 1.54) is 0 Å². The molecular formula is C18H16Cl2N3O+. The maximum absolute atomic E-state index is 12.4. The van der Waals surface area contributed by atoms with E-state index in [1.54, 1.807) is 28.8 Å². The van der Waals surface area contributed by atoms with Crippen LogP contribution in [0.1, 0.15) is 10.4 Å². The molecule has 0 aliphatic rings. The fourth-order valence-corrected chi connectivity index (χ4v) is 2.83. The van der Waals surface area contributed by atoms with Gasteiger partial charge < -0.3 is 0 Å². The van der Waals surface area contributed by atoms with E-state index in [4.69, 9.17) is 28.9 Å². The Hall–Kier alpha value is -2.30. The molecule has 122 valence electrons. The molecule has 2 N–H and O–H groups in total. The van der Waals surface area contributed by atoms with E-state index in [9.17, 15) is 4.79 Å². The van der Waals surface area contributed by atoms with Gasteiger partial charge in [0.1, 0.15) is 18.4 Å². The molecule has 3 rings (SSSR count). The summed E-state index contributed by atoms with van der Waals surface area (Å²) in [5.41, 5.74) is 8.54. The highest BCUT2D eigenvalue weighted by molar-refractivity contribution is 6.42. The lowest BCUT2D eigenvalue weighted by molar-refractivity contribution is -0.667. The summed E-state index contributed by atoms with van der Waals surface area (Å²) >= 11 is 12.1. The largest absolute Gasteiger partial charge is 0.355 e. The maximum Gasteiger partial charge on any atom is 0.355 e. The van der Waals surface area contributed by atoms with Gasteiger partial charge in [0.2, 0.25) is 0 Å². The normalized spacial score (nSPS) is 10.8. The molecule has 1 heterocycles. The molecular weight excluding hydrogens is 345 g/mol. The van der Waals surface area contributed by atoms with Gasteiger partial charge in [0.05, 0.1) is 17.1 Å². The van der Waals surface area contributed by atoms with Crippen LogP contribution >= 0.6 is 23.2 Å². The van der Waals surface area contributed by atoms with E-state index < -0.39 is 0 Å². The van der Waals surface area contributed by atoms with E-state index in [0.29, 0.717) is 21.6 Å². The Kier molecular flexibility index (Phi) is 4.60. The van der Waals surface area contributed by atoms with Gasteiger partial charge in [0.25, 0.3) is 0 Å². The second-order valence-corrected chi connectivity index (χ2v) is 6.29. The van der Waals surface area contributed by atoms with Crippen molar-refractivity contribution in [2.45, 2.75) is 6.54 Å². The number of halogens is 2. The Labute approximate surface area is 150 Å². The summed E-state index contributed by atoms with van der Waals surface area (Å²) in [6.07, 6.45) is 1.84. The van der Waals surface area contributed by atoms with Gasteiger partial charge in [-0.15, -0.1) is 0 Å². The first-order valence-electron chi connectivity index (χ1n) is 7.35. The Morgan fingerprint density at radius 1 is 1.12 bits per heavy atom. The van der Waals surface area contributed by atoms with Gasteiger partial charge in [0, 0.05) is 11.1 Å². The standard InChI is InChI=1S/C18H15Cl2N3O/c1-22-16(13-7-8-14(19)15(20)9-13)10-23(18(22)21)11-17(24)12-5-3-2-4-6-12/h2-10,21H,11H2,1H3/p+1. The molecule has 3 aromatic rings. The van der Waals surface area contributed by atoms with Gasteiger partial charge in [0.15, 0.2) is 5.78 Å². The van der Waals surface area contributed by atoms with Crippen LogP contribution in [0.2, 0.25) is 10.0 Å². The number of rotatable bonds is 4. The third-order valence-corrected chi connectivity index (χ3v) is 4.64. The molecule has 0 spiro atoms. The minimum Gasteiger partial charge on any atom is -0.291 e. The van der Waals surface area contributed by atoms with E-state index >= 15 is 0 Å². The van der Waals surface area contributed by atoms with Crippen LogP contribution in [-0.2, 0) is 13.6 Å². The predicted molar refractivity (Wildman–Crippen MR) is 96.2 cm³/mol. The molecule has 0 saturated heterocycles. The minimum atomic E-state index is -0.00131.